The van der Waals surface area contributed by atoms with Crippen LogP contribution in [0.4, 0.5) is 0 Å². The van der Waals surface area contributed by atoms with Gasteiger partial charge >= 0.3 is 0 Å². The molecule has 0 atom stereocenters. The average Bonchev–Trinajstić information content (AvgIpc) is 2.40. The molecule has 2 aromatic rings. The Bertz CT molecular complexity index is 594. The van der Waals surface area contributed by atoms with Crippen LogP contribution in [0, 0.1) is 0 Å². The third-order valence-electron chi connectivity index (χ3n) is 2.32. The molecule has 1 aromatic carbocycles. The first kappa shape index (κ1) is 12.5. The molecule has 1 heterocycles. The van der Waals surface area contributed by atoms with Crippen LogP contribution in [0.25, 0.3) is 6.08 Å². The second-order valence-electron chi connectivity index (χ2n) is 3.61. The molecule has 0 spiro atoms. The lowest BCUT2D eigenvalue weighted by atomic mass is 10.1. The Morgan fingerprint density at radius 1 is 1.28 bits per heavy atom. The maximum Gasteiger partial charge on any atom is 0.189 e. The van der Waals surface area contributed by atoms with Gasteiger partial charge in [0.1, 0.15) is 5.75 Å². The number of halogens is 1. The second kappa shape index (κ2) is 5.60. The Hall–Kier alpha value is -1.94. The number of ketones is 1. The number of phenolic OH excluding ortho intramolecular Hbond substituents is 1. The van der Waals surface area contributed by atoms with Crippen LogP contribution in [0.5, 0.6) is 5.75 Å². The van der Waals surface area contributed by atoms with Gasteiger partial charge in [0.15, 0.2) is 5.78 Å². The van der Waals surface area contributed by atoms with Gasteiger partial charge < -0.3 is 5.11 Å². The number of carbonyl (C=O) groups is 1. The fraction of sp³-hybridized carbons (Fsp3) is 0. The fourth-order valence-electron chi connectivity index (χ4n) is 1.43. The van der Waals surface area contributed by atoms with Crippen LogP contribution in [0.3, 0.4) is 0 Å². The number of aromatic hydroxyl groups is 1. The molecule has 0 fully saturated rings. The topological polar surface area (TPSA) is 50.2 Å². The van der Waals surface area contributed by atoms with E-state index in [9.17, 15) is 9.90 Å². The van der Waals surface area contributed by atoms with E-state index >= 15 is 0 Å². The predicted molar refractivity (Wildman–Crippen MR) is 73.4 cm³/mol. The van der Waals surface area contributed by atoms with Crippen LogP contribution >= 0.6 is 15.9 Å². The van der Waals surface area contributed by atoms with E-state index in [2.05, 4.69) is 20.9 Å². The van der Waals surface area contributed by atoms with Crippen molar-refractivity contribution in [1.29, 1.82) is 0 Å². The number of aromatic nitrogens is 1. The van der Waals surface area contributed by atoms with Crippen LogP contribution in [0.2, 0.25) is 0 Å². The van der Waals surface area contributed by atoms with Crippen molar-refractivity contribution in [3.05, 3.63) is 64.4 Å². The zero-order valence-corrected chi connectivity index (χ0v) is 11.0. The normalized spacial score (nSPS) is 10.7. The number of pyridine rings is 1. The highest BCUT2D eigenvalue weighted by atomic mass is 79.9. The number of allylic oxidation sites excluding steroid dienone is 1. The van der Waals surface area contributed by atoms with E-state index in [0.29, 0.717) is 5.69 Å². The minimum absolute atomic E-state index is 0.0335. The summed E-state index contributed by atoms with van der Waals surface area (Å²) in [4.78, 5) is 16.0. The minimum atomic E-state index is -0.264. The number of rotatable bonds is 3. The highest BCUT2D eigenvalue weighted by Crippen LogP contribution is 2.22. The standard InChI is InChI=1S/C14H10BrNO2/c15-10-4-6-13(17)12(9-10)14(18)7-5-11-3-1-2-8-16-11/h1-9,17H. The summed E-state index contributed by atoms with van der Waals surface area (Å²) in [5.74, 6) is -0.298. The van der Waals surface area contributed by atoms with E-state index in [1.807, 2.05) is 6.07 Å². The molecule has 0 amide bonds. The van der Waals surface area contributed by atoms with Crippen molar-refractivity contribution in [3.8, 4) is 5.75 Å². The number of carbonyl (C=O) groups excluding carboxylic acids is 1. The Morgan fingerprint density at radius 3 is 2.83 bits per heavy atom. The van der Waals surface area contributed by atoms with Crippen LogP contribution in [0.15, 0.2) is 53.1 Å². The molecule has 90 valence electrons. The Balaban J connectivity index is 2.22. The fourth-order valence-corrected chi connectivity index (χ4v) is 1.79. The lowest BCUT2D eigenvalue weighted by Gasteiger charge is -2.00. The van der Waals surface area contributed by atoms with Gasteiger partial charge in [-0.05, 0) is 42.5 Å². The highest BCUT2D eigenvalue weighted by Gasteiger charge is 2.08. The first-order chi connectivity index (χ1) is 8.66. The summed E-state index contributed by atoms with van der Waals surface area (Å²) in [6, 6.07) is 10.2. The van der Waals surface area contributed by atoms with E-state index in [1.54, 1.807) is 36.5 Å². The Kier molecular flexibility index (Phi) is 3.89. The van der Waals surface area contributed by atoms with Crippen LogP contribution in [-0.4, -0.2) is 15.9 Å². The van der Waals surface area contributed by atoms with E-state index in [4.69, 9.17) is 0 Å². The Labute approximate surface area is 113 Å². The lowest BCUT2D eigenvalue weighted by Crippen LogP contribution is -1.95. The molecule has 0 aliphatic rings. The molecule has 1 N–H and O–H groups in total. The number of hydrogen-bond acceptors (Lipinski definition) is 3. The van der Waals surface area contributed by atoms with E-state index in [-0.39, 0.29) is 17.1 Å². The van der Waals surface area contributed by atoms with Gasteiger partial charge in [-0.3, -0.25) is 9.78 Å². The van der Waals surface area contributed by atoms with Crippen molar-refractivity contribution in [3.63, 3.8) is 0 Å². The van der Waals surface area contributed by atoms with Crippen molar-refractivity contribution >= 4 is 27.8 Å². The maximum atomic E-state index is 11.9. The van der Waals surface area contributed by atoms with E-state index in [1.165, 1.54) is 12.1 Å². The van der Waals surface area contributed by atoms with Crippen molar-refractivity contribution < 1.29 is 9.90 Å². The average molecular weight is 304 g/mol. The molecule has 0 radical (unpaired) electrons. The van der Waals surface area contributed by atoms with Crippen LogP contribution < -0.4 is 0 Å². The summed E-state index contributed by atoms with van der Waals surface area (Å²) in [6.45, 7) is 0. The van der Waals surface area contributed by atoms with Gasteiger partial charge in [-0.2, -0.15) is 0 Å². The molecule has 3 nitrogen and oxygen atoms in total. The van der Waals surface area contributed by atoms with Gasteiger partial charge in [0, 0.05) is 10.7 Å². The summed E-state index contributed by atoms with van der Waals surface area (Å²) in [5, 5.41) is 9.61. The number of benzene rings is 1. The molecule has 1 aromatic heterocycles. The molecule has 0 saturated carbocycles. The largest absolute Gasteiger partial charge is 0.507 e. The highest BCUT2D eigenvalue weighted by molar-refractivity contribution is 9.10. The molecule has 0 aliphatic carbocycles. The summed E-state index contributed by atoms with van der Waals surface area (Å²) < 4.78 is 0.745. The SMILES string of the molecule is O=C(C=Cc1ccccn1)c1cc(Br)ccc1O. The zero-order valence-electron chi connectivity index (χ0n) is 9.38. The molecule has 0 aliphatic heterocycles. The van der Waals surface area contributed by atoms with Gasteiger partial charge in [0.05, 0.1) is 11.3 Å². The molecule has 0 saturated heterocycles. The quantitative estimate of drug-likeness (QED) is 0.698. The number of nitrogens with zero attached hydrogens (tertiary/aromatic N) is 1. The zero-order chi connectivity index (χ0) is 13.0. The summed E-state index contributed by atoms with van der Waals surface area (Å²) in [6.07, 6.45) is 4.66. The maximum absolute atomic E-state index is 11.9. The third-order valence-corrected chi connectivity index (χ3v) is 2.81. The molecular formula is C14H10BrNO2. The second-order valence-corrected chi connectivity index (χ2v) is 4.53. The minimum Gasteiger partial charge on any atom is -0.507 e. The molecule has 2 rings (SSSR count). The van der Waals surface area contributed by atoms with Gasteiger partial charge in [-0.25, -0.2) is 0 Å². The molecule has 0 bridgehead atoms. The summed E-state index contributed by atoms with van der Waals surface area (Å²) >= 11 is 3.26. The Morgan fingerprint density at radius 2 is 2.11 bits per heavy atom. The molecular weight excluding hydrogens is 294 g/mol. The van der Waals surface area contributed by atoms with Crippen LogP contribution in [0.1, 0.15) is 16.1 Å². The van der Waals surface area contributed by atoms with Gasteiger partial charge in [0.2, 0.25) is 0 Å². The van der Waals surface area contributed by atoms with Crippen LogP contribution in [-0.2, 0) is 0 Å². The van der Waals surface area contributed by atoms with Gasteiger partial charge in [-0.1, -0.05) is 22.0 Å². The molecule has 0 unspecified atom stereocenters. The lowest BCUT2D eigenvalue weighted by molar-refractivity contribution is 0.104. The third kappa shape index (κ3) is 3.05. The smallest absolute Gasteiger partial charge is 0.189 e. The first-order valence-electron chi connectivity index (χ1n) is 5.29. The van der Waals surface area contributed by atoms with Gasteiger partial charge in [-0.15, -0.1) is 0 Å². The molecule has 18 heavy (non-hydrogen) atoms. The van der Waals surface area contributed by atoms with E-state index < -0.39 is 0 Å². The van der Waals surface area contributed by atoms with Crippen molar-refractivity contribution in [1.82, 2.24) is 4.98 Å². The summed E-state index contributed by atoms with van der Waals surface area (Å²) in [5.41, 5.74) is 0.955. The first-order valence-corrected chi connectivity index (χ1v) is 6.08. The van der Waals surface area contributed by atoms with Gasteiger partial charge in [0.25, 0.3) is 0 Å². The van der Waals surface area contributed by atoms with Crippen molar-refractivity contribution in [2.45, 2.75) is 0 Å². The monoisotopic (exact) mass is 303 g/mol. The number of phenols is 1. The number of hydrogen-bond donors (Lipinski definition) is 1. The van der Waals surface area contributed by atoms with E-state index in [0.717, 1.165) is 4.47 Å². The van der Waals surface area contributed by atoms with Crippen molar-refractivity contribution in [2.24, 2.45) is 0 Å². The molecule has 4 heteroatoms. The summed E-state index contributed by atoms with van der Waals surface area (Å²) in [7, 11) is 0. The predicted octanol–water partition coefficient (Wildman–Crippen LogP) is 3.45. The van der Waals surface area contributed by atoms with Crippen molar-refractivity contribution in [2.75, 3.05) is 0 Å².